The molecule has 8 heteroatoms. The maximum Gasteiger partial charge on any atom is 0.343 e. The van der Waals surface area contributed by atoms with Crippen LogP contribution in [-0.2, 0) is 9.59 Å². The van der Waals surface area contributed by atoms with E-state index in [2.05, 4.69) is 0 Å². The Bertz CT molecular complexity index is 1230. The molecule has 0 atom stereocenters. The van der Waals surface area contributed by atoms with Crippen molar-refractivity contribution < 1.29 is 23.9 Å². The largest absolute Gasteiger partial charge is 0.490 e. The van der Waals surface area contributed by atoms with Gasteiger partial charge in [-0.15, -0.1) is 0 Å². The molecule has 1 saturated heterocycles. The Morgan fingerprint density at radius 1 is 0.771 bits per heavy atom. The van der Waals surface area contributed by atoms with Crippen molar-refractivity contribution in [3.8, 4) is 11.5 Å². The van der Waals surface area contributed by atoms with E-state index in [9.17, 15) is 14.4 Å². The number of hydrogen-bond acceptors (Lipinski definition) is 5. The first-order chi connectivity index (χ1) is 17.0. The molecule has 0 N–H and O–H groups in total. The van der Waals surface area contributed by atoms with Crippen molar-refractivity contribution in [3.63, 3.8) is 0 Å². The maximum absolute atomic E-state index is 13.5. The van der Waals surface area contributed by atoms with E-state index in [1.54, 1.807) is 72.8 Å². The zero-order valence-electron chi connectivity index (χ0n) is 19.2. The van der Waals surface area contributed by atoms with Gasteiger partial charge in [0.25, 0.3) is 11.8 Å². The number of anilines is 2. The molecule has 0 saturated carbocycles. The van der Waals surface area contributed by atoms with Gasteiger partial charge in [-0.25, -0.2) is 14.6 Å². The molecule has 1 heterocycles. The standard InChI is InChI=1S/C27H23ClN2O5/c1-3-34-23-17-18(16-22(28)24(23)35-4-2)15-21-25(31)29(19-11-7-5-8-12-19)27(33)30(26(21)32)20-13-9-6-10-14-20/h5-17H,3-4H2,1-2H3. The summed E-state index contributed by atoms with van der Waals surface area (Å²) in [6.45, 7) is 4.41. The van der Waals surface area contributed by atoms with Gasteiger partial charge in [0.15, 0.2) is 11.5 Å². The molecule has 0 radical (unpaired) electrons. The van der Waals surface area contributed by atoms with Crippen LogP contribution in [-0.4, -0.2) is 31.1 Å². The summed E-state index contributed by atoms with van der Waals surface area (Å²) in [5.41, 5.74) is 0.956. The highest BCUT2D eigenvalue weighted by molar-refractivity contribution is 6.46. The number of urea groups is 1. The van der Waals surface area contributed by atoms with Crippen LogP contribution in [0.1, 0.15) is 19.4 Å². The lowest BCUT2D eigenvalue weighted by Crippen LogP contribution is -2.57. The van der Waals surface area contributed by atoms with Crippen molar-refractivity contribution in [3.05, 3.63) is 89.0 Å². The van der Waals surface area contributed by atoms with Crippen molar-refractivity contribution in [1.82, 2.24) is 0 Å². The summed E-state index contributed by atoms with van der Waals surface area (Å²) in [5, 5.41) is 0.274. The Morgan fingerprint density at radius 2 is 1.29 bits per heavy atom. The number of rotatable bonds is 7. The molecule has 178 valence electrons. The molecule has 0 aromatic heterocycles. The van der Waals surface area contributed by atoms with Gasteiger partial charge in [0.05, 0.1) is 29.6 Å². The second-order valence-electron chi connectivity index (χ2n) is 7.49. The molecule has 35 heavy (non-hydrogen) atoms. The molecule has 0 bridgehead atoms. The zero-order valence-corrected chi connectivity index (χ0v) is 20.0. The van der Waals surface area contributed by atoms with E-state index in [0.717, 1.165) is 9.80 Å². The monoisotopic (exact) mass is 490 g/mol. The lowest BCUT2D eigenvalue weighted by Gasteiger charge is -2.34. The number of hydrogen-bond donors (Lipinski definition) is 0. The van der Waals surface area contributed by atoms with Crippen LogP contribution in [0.5, 0.6) is 11.5 Å². The number of carbonyl (C=O) groups excluding carboxylic acids is 3. The van der Waals surface area contributed by atoms with E-state index in [1.807, 2.05) is 13.8 Å². The Hall–Kier alpha value is -4.10. The van der Waals surface area contributed by atoms with E-state index in [-0.39, 0.29) is 10.6 Å². The Kier molecular flexibility index (Phi) is 7.17. The van der Waals surface area contributed by atoms with Gasteiger partial charge >= 0.3 is 6.03 Å². The summed E-state index contributed by atoms with van der Waals surface area (Å²) in [6, 6.07) is 19.4. The minimum absolute atomic E-state index is 0.194. The molecule has 1 aliphatic rings. The number of benzene rings is 3. The maximum atomic E-state index is 13.5. The molecule has 3 aromatic rings. The SMILES string of the molecule is CCOc1cc(C=C2C(=O)N(c3ccccc3)C(=O)N(c3ccccc3)C2=O)cc(Cl)c1OCC. The second-order valence-corrected chi connectivity index (χ2v) is 7.90. The predicted molar refractivity (Wildman–Crippen MR) is 135 cm³/mol. The molecule has 1 aliphatic heterocycles. The van der Waals surface area contributed by atoms with E-state index in [0.29, 0.717) is 41.7 Å². The minimum Gasteiger partial charge on any atom is -0.490 e. The quantitative estimate of drug-likeness (QED) is 0.312. The molecule has 1 fully saturated rings. The summed E-state index contributed by atoms with van der Waals surface area (Å²) in [5.74, 6) is -0.700. The minimum atomic E-state index is -0.755. The lowest BCUT2D eigenvalue weighted by molar-refractivity contribution is -0.121. The molecule has 0 aliphatic carbocycles. The number of halogens is 1. The first kappa shape index (κ1) is 24.0. The molecule has 4 rings (SSSR count). The molecule has 4 amide bonds. The van der Waals surface area contributed by atoms with Crippen LogP contribution in [0, 0.1) is 0 Å². The number of imide groups is 2. The average molecular weight is 491 g/mol. The Morgan fingerprint density at radius 3 is 1.77 bits per heavy atom. The summed E-state index contributed by atoms with van der Waals surface area (Å²) in [7, 11) is 0. The van der Waals surface area contributed by atoms with E-state index < -0.39 is 17.8 Å². The van der Waals surface area contributed by atoms with Gasteiger partial charge in [-0.3, -0.25) is 9.59 Å². The van der Waals surface area contributed by atoms with Crippen LogP contribution in [0.3, 0.4) is 0 Å². The molecule has 7 nitrogen and oxygen atoms in total. The fourth-order valence-corrected chi connectivity index (χ4v) is 4.00. The van der Waals surface area contributed by atoms with Crippen molar-refractivity contribution in [2.75, 3.05) is 23.0 Å². The third kappa shape index (κ3) is 4.76. The highest BCUT2D eigenvalue weighted by Gasteiger charge is 2.43. The Labute approximate surface area is 208 Å². The molecule has 0 spiro atoms. The van der Waals surface area contributed by atoms with Gasteiger partial charge in [0.1, 0.15) is 5.57 Å². The van der Waals surface area contributed by atoms with Gasteiger partial charge in [-0.2, -0.15) is 0 Å². The Balaban J connectivity index is 1.86. The topological polar surface area (TPSA) is 76.2 Å². The molecular weight excluding hydrogens is 468 g/mol. The summed E-state index contributed by atoms with van der Waals surface area (Å²) < 4.78 is 11.3. The molecule has 3 aromatic carbocycles. The predicted octanol–water partition coefficient (Wildman–Crippen LogP) is 5.72. The van der Waals surface area contributed by atoms with Crippen LogP contribution in [0.4, 0.5) is 16.2 Å². The van der Waals surface area contributed by atoms with Crippen LogP contribution in [0.15, 0.2) is 78.4 Å². The van der Waals surface area contributed by atoms with Gasteiger partial charge in [-0.05, 0) is 61.9 Å². The van der Waals surface area contributed by atoms with E-state index in [4.69, 9.17) is 21.1 Å². The van der Waals surface area contributed by atoms with E-state index in [1.165, 1.54) is 6.08 Å². The van der Waals surface area contributed by atoms with Crippen molar-refractivity contribution >= 4 is 46.9 Å². The first-order valence-electron chi connectivity index (χ1n) is 11.1. The van der Waals surface area contributed by atoms with Crippen molar-refractivity contribution in [2.45, 2.75) is 13.8 Å². The van der Waals surface area contributed by atoms with Gasteiger partial charge in [0.2, 0.25) is 0 Å². The number of carbonyl (C=O) groups is 3. The third-order valence-corrected chi connectivity index (χ3v) is 5.49. The number of para-hydroxylation sites is 2. The summed E-state index contributed by atoms with van der Waals surface area (Å²) in [4.78, 5) is 42.3. The molecule has 0 unspecified atom stereocenters. The number of nitrogens with zero attached hydrogens (tertiary/aromatic N) is 2. The first-order valence-corrected chi connectivity index (χ1v) is 11.5. The van der Waals surface area contributed by atoms with Crippen molar-refractivity contribution in [2.24, 2.45) is 0 Å². The second kappa shape index (κ2) is 10.4. The van der Waals surface area contributed by atoms with Crippen LogP contribution in [0.25, 0.3) is 6.08 Å². The van der Waals surface area contributed by atoms with Crippen LogP contribution < -0.4 is 19.3 Å². The smallest absolute Gasteiger partial charge is 0.343 e. The lowest BCUT2D eigenvalue weighted by atomic mass is 10.0. The highest BCUT2D eigenvalue weighted by Crippen LogP contribution is 2.38. The normalized spacial score (nSPS) is 13.8. The van der Waals surface area contributed by atoms with Gasteiger partial charge in [0, 0.05) is 0 Å². The summed E-state index contributed by atoms with van der Waals surface area (Å²) >= 11 is 6.43. The van der Waals surface area contributed by atoms with Gasteiger partial charge in [-0.1, -0.05) is 48.0 Å². The van der Waals surface area contributed by atoms with Crippen molar-refractivity contribution in [1.29, 1.82) is 0 Å². The van der Waals surface area contributed by atoms with Gasteiger partial charge < -0.3 is 9.47 Å². The fraction of sp³-hybridized carbons (Fsp3) is 0.148. The number of amides is 4. The van der Waals surface area contributed by atoms with Crippen LogP contribution >= 0.6 is 11.6 Å². The summed E-state index contributed by atoms with van der Waals surface area (Å²) in [6.07, 6.45) is 1.41. The number of ether oxygens (including phenoxy) is 2. The highest BCUT2D eigenvalue weighted by atomic mass is 35.5. The zero-order chi connectivity index (χ0) is 24.9. The van der Waals surface area contributed by atoms with Crippen LogP contribution in [0.2, 0.25) is 5.02 Å². The molecular formula is C27H23ClN2O5. The fourth-order valence-electron chi connectivity index (χ4n) is 3.72. The van der Waals surface area contributed by atoms with E-state index >= 15 is 0 Å². The number of barbiturate groups is 1. The average Bonchev–Trinajstić information content (AvgIpc) is 2.85. The third-order valence-electron chi connectivity index (χ3n) is 5.21.